The zero-order valence-electron chi connectivity index (χ0n) is 16.6. The van der Waals surface area contributed by atoms with Crippen molar-refractivity contribution in [2.24, 2.45) is 0 Å². The number of benzene rings is 2. The van der Waals surface area contributed by atoms with Gasteiger partial charge in [-0.05, 0) is 23.8 Å². The van der Waals surface area contributed by atoms with E-state index in [-0.39, 0.29) is 12.1 Å². The van der Waals surface area contributed by atoms with Crippen LogP contribution in [-0.2, 0) is 11.0 Å². The Labute approximate surface area is 182 Å². The monoisotopic (exact) mass is 466 g/mol. The molecule has 2 heterocycles. The number of aromatic hydroxyl groups is 1. The molecule has 172 valence electrons. The summed E-state index contributed by atoms with van der Waals surface area (Å²) in [5.74, 6) is -4.52. The van der Waals surface area contributed by atoms with E-state index < -0.39 is 64.3 Å². The summed E-state index contributed by atoms with van der Waals surface area (Å²) in [5.41, 5.74) is -2.14. The van der Waals surface area contributed by atoms with Crippen LogP contribution in [0.3, 0.4) is 0 Å². The molecule has 0 fully saturated rings. The maximum absolute atomic E-state index is 14.7. The molecule has 1 aromatic heterocycles. The highest BCUT2D eigenvalue weighted by Gasteiger charge is 2.35. The fraction of sp³-hybridized carbons (Fsp3) is 0.190. The van der Waals surface area contributed by atoms with Gasteiger partial charge in [-0.15, -0.1) is 0 Å². The minimum absolute atomic E-state index is 0.0246. The summed E-state index contributed by atoms with van der Waals surface area (Å²) in [6.45, 7) is -0.714. The van der Waals surface area contributed by atoms with Crippen LogP contribution in [0.2, 0.25) is 0 Å². The summed E-state index contributed by atoms with van der Waals surface area (Å²) in [4.78, 5) is 36.6. The van der Waals surface area contributed by atoms with Crippen LogP contribution >= 0.6 is 0 Å². The van der Waals surface area contributed by atoms with Crippen LogP contribution < -0.4 is 16.2 Å². The second-order valence-electron chi connectivity index (χ2n) is 7.41. The van der Waals surface area contributed by atoms with Crippen LogP contribution in [-0.4, -0.2) is 39.7 Å². The van der Waals surface area contributed by atoms with E-state index in [1.54, 1.807) is 5.32 Å². The van der Waals surface area contributed by atoms with Gasteiger partial charge in [0.25, 0.3) is 11.5 Å². The number of hydrogen-bond acceptors (Lipinski definition) is 4. The minimum Gasteiger partial charge on any atom is -0.506 e. The summed E-state index contributed by atoms with van der Waals surface area (Å²) in [5, 5.41) is 22.5. The molecule has 3 aromatic rings. The molecule has 0 saturated heterocycles. The Morgan fingerprint density at radius 3 is 2.42 bits per heavy atom. The number of carboxylic acids is 1. The van der Waals surface area contributed by atoms with Crippen molar-refractivity contribution in [2.75, 3.05) is 13.1 Å². The number of quaternary nitrogens is 1. The molecule has 2 aromatic carbocycles. The molecule has 12 heteroatoms. The molecule has 33 heavy (non-hydrogen) atoms. The molecule has 1 atom stereocenters. The number of halogens is 4. The van der Waals surface area contributed by atoms with Crippen molar-refractivity contribution in [1.82, 2.24) is 9.88 Å². The first-order chi connectivity index (χ1) is 15.5. The number of carboxylic acid groups (broad SMARTS) is 1. The summed E-state index contributed by atoms with van der Waals surface area (Å²) in [7, 11) is 0. The third-order valence-corrected chi connectivity index (χ3v) is 5.43. The van der Waals surface area contributed by atoms with Gasteiger partial charge in [-0.3, -0.25) is 19.0 Å². The number of aromatic nitrogens is 1. The second kappa shape index (κ2) is 7.89. The van der Waals surface area contributed by atoms with Crippen LogP contribution in [0.15, 0.2) is 41.2 Å². The van der Waals surface area contributed by atoms with Crippen molar-refractivity contribution >= 4 is 28.5 Å². The summed E-state index contributed by atoms with van der Waals surface area (Å²) in [6, 6.07) is 5.57. The maximum Gasteiger partial charge on any atom is 0.416 e. The standard InChI is InChI=1S/C21H15F4N3O5/c22-11-5-6-12-17-15(11)18(31)16(19(32)27-8-14(29)30)20(33)28(17)13(7-26-12)9-1-3-10(4-2-9)21(23,24)25/h1-6,13,26,31H,7-8H2,(H,27,32)(H,29,30)/p+1. The molecule has 1 amide bonds. The van der Waals surface area contributed by atoms with Gasteiger partial charge >= 0.3 is 12.1 Å². The lowest BCUT2D eigenvalue weighted by Crippen LogP contribution is -2.81. The van der Waals surface area contributed by atoms with Crippen LogP contribution in [0, 0.1) is 5.82 Å². The van der Waals surface area contributed by atoms with Crippen molar-refractivity contribution in [3.8, 4) is 5.75 Å². The van der Waals surface area contributed by atoms with Gasteiger partial charge in [0.15, 0.2) is 5.69 Å². The van der Waals surface area contributed by atoms with Gasteiger partial charge in [0.05, 0.1) is 10.9 Å². The van der Waals surface area contributed by atoms with E-state index >= 15 is 0 Å². The average Bonchev–Trinajstić information content (AvgIpc) is 2.75. The van der Waals surface area contributed by atoms with Crippen molar-refractivity contribution in [3.05, 3.63) is 69.3 Å². The van der Waals surface area contributed by atoms with Crippen molar-refractivity contribution in [2.45, 2.75) is 12.2 Å². The molecule has 0 radical (unpaired) electrons. The average molecular weight is 466 g/mol. The topological polar surface area (TPSA) is 125 Å². The first kappa shape index (κ1) is 22.3. The third kappa shape index (κ3) is 3.78. The highest BCUT2D eigenvalue weighted by molar-refractivity contribution is 6.05. The molecular weight excluding hydrogens is 450 g/mol. The number of pyridine rings is 1. The predicted molar refractivity (Wildman–Crippen MR) is 106 cm³/mol. The Balaban J connectivity index is 1.96. The normalized spacial score (nSPS) is 15.5. The Hall–Kier alpha value is -3.93. The summed E-state index contributed by atoms with van der Waals surface area (Å²) >= 11 is 0. The van der Waals surface area contributed by atoms with E-state index in [1.807, 2.05) is 5.32 Å². The number of nitrogens with two attached hydrogens (primary N) is 1. The highest BCUT2D eigenvalue weighted by Crippen LogP contribution is 2.36. The number of carbonyl (C=O) groups is 2. The quantitative estimate of drug-likeness (QED) is 0.343. The molecule has 0 spiro atoms. The van der Waals surface area contributed by atoms with Gasteiger partial charge in [-0.25, -0.2) is 4.39 Å². The second-order valence-corrected chi connectivity index (χ2v) is 7.41. The van der Waals surface area contributed by atoms with Crippen LogP contribution in [0.25, 0.3) is 10.9 Å². The van der Waals surface area contributed by atoms with Gasteiger partial charge < -0.3 is 20.8 Å². The van der Waals surface area contributed by atoms with Gasteiger partial charge in [-0.2, -0.15) is 13.2 Å². The van der Waals surface area contributed by atoms with Gasteiger partial charge in [-0.1, -0.05) is 12.1 Å². The minimum atomic E-state index is -4.56. The number of carbonyl (C=O) groups excluding carboxylic acids is 1. The highest BCUT2D eigenvalue weighted by atomic mass is 19.4. The van der Waals surface area contributed by atoms with Crippen LogP contribution in [0.4, 0.5) is 23.2 Å². The third-order valence-electron chi connectivity index (χ3n) is 5.43. The first-order valence-electron chi connectivity index (χ1n) is 9.60. The first-order valence-corrected chi connectivity index (χ1v) is 9.60. The number of amides is 1. The fourth-order valence-electron chi connectivity index (χ4n) is 3.95. The lowest BCUT2D eigenvalue weighted by Gasteiger charge is -2.27. The molecule has 4 rings (SSSR count). The Bertz CT molecular complexity index is 1350. The smallest absolute Gasteiger partial charge is 0.416 e. The maximum atomic E-state index is 14.7. The predicted octanol–water partition coefficient (Wildman–Crippen LogP) is 1.48. The van der Waals surface area contributed by atoms with Crippen molar-refractivity contribution < 1.29 is 42.7 Å². The van der Waals surface area contributed by atoms with E-state index in [2.05, 4.69) is 0 Å². The van der Waals surface area contributed by atoms with E-state index in [0.29, 0.717) is 11.3 Å². The molecule has 1 unspecified atom stereocenters. The van der Waals surface area contributed by atoms with E-state index in [4.69, 9.17) is 5.11 Å². The lowest BCUT2D eigenvalue weighted by atomic mass is 9.98. The number of alkyl halides is 3. The molecule has 0 bridgehead atoms. The molecule has 5 N–H and O–H groups in total. The Kier molecular flexibility index (Phi) is 5.32. The fourth-order valence-corrected chi connectivity index (χ4v) is 3.95. The SMILES string of the molecule is O=C(O)CNC(=O)c1c(O)c2c(F)ccc3c2n(c1=O)C(c1ccc(C(F)(F)F)cc1)C[NH2+]3. The molecule has 1 aliphatic rings. The Morgan fingerprint density at radius 2 is 1.82 bits per heavy atom. The van der Waals surface area contributed by atoms with E-state index in [0.717, 1.165) is 22.8 Å². The van der Waals surface area contributed by atoms with E-state index in [1.165, 1.54) is 18.2 Å². The number of hydrogen-bond donors (Lipinski definition) is 4. The van der Waals surface area contributed by atoms with Crippen molar-refractivity contribution in [3.63, 3.8) is 0 Å². The molecule has 0 saturated carbocycles. The number of rotatable bonds is 4. The zero-order valence-corrected chi connectivity index (χ0v) is 16.6. The molecule has 8 nitrogen and oxygen atoms in total. The number of aliphatic carboxylic acids is 1. The van der Waals surface area contributed by atoms with Crippen LogP contribution in [0.5, 0.6) is 5.75 Å². The molecule has 1 aliphatic heterocycles. The number of nitrogens with zero attached hydrogens (tertiary/aromatic N) is 1. The van der Waals surface area contributed by atoms with Gasteiger partial charge in [0.1, 0.15) is 41.8 Å². The molecular formula is C21H16F4N3O5+. The summed E-state index contributed by atoms with van der Waals surface area (Å²) in [6.07, 6.45) is -4.56. The lowest BCUT2D eigenvalue weighted by molar-refractivity contribution is -0.577. The summed E-state index contributed by atoms with van der Waals surface area (Å²) < 4.78 is 54.6. The largest absolute Gasteiger partial charge is 0.506 e. The van der Waals surface area contributed by atoms with Gasteiger partial charge in [0.2, 0.25) is 0 Å². The van der Waals surface area contributed by atoms with Crippen LogP contribution in [0.1, 0.15) is 27.5 Å². The Morgan fingerprint density at radius 1 is 1.15 bits per heavy atom. The zero-order chi connectivity index (χ0) is 24.1. The number of nitrogens with one attached hydrogen (secondary N) is 1. The van der Waals surface area contributed by atoms with Gasteiger partial charge in [0, 0.05) is 6.07 Å². The van der Waals surface area contributed by atoms with E-state index in [9.17, 15) is 37.1 Å². The molecule has 0 aliphatic carbocycles. The van der Waals surface area contributed by atoms with Crippen molar-refractivity contribution in [1.29, 1.82) is 0 Å².